The molecule has 84 valence electrons. The predicted molar refractivity (Wildman–Crippen MR) is 63.0 cm³/mol. The number of hydrogen-bond acceptors (Lipinski definition) is 3. The fourth-order valence-corrected chi connectivity index (χ4v) is 1.51. The summed E-state index contributed by atoms with van der Waals surface area (Å²) in [6.45, 7) is 7.10. The third kappa shape index (κ3) is 2.10. The molecule has 0 aliphatic carbocycles. The Labute approximate surface area is 95.3 Å². The Hall–Kier alpha value is -1.71. The summed E-state index contributed by atoms with van der Waals surface area (Å²) < 4.78 is 0. The van der Waals surface area contributed by atoms with Crippen molar-refractivity contribution in [2.75, 3.05) is 0 Å². The topological polar surface area (TPSA) is 43.6 Å². The molecule has 0 aliphatic rings. The van der Waals surface area contributed by atoms with Crippen molar-refractivity contribution in [3.05, 3.63) is 29.8 Å². The Morgan fingerprint density at radius 3 is 2.38 bits per heavy atom. The summed E-state index contributed by atoms with van der Waals surface area (Å²) in [6.07, 6.45) is 0. The number of tetrazole rings is 1. The van der Waals surface area contributed by atoms with Crippen LogP contribution >= 0.6 is 0 Å². The normalized spacial score (nSPS) is 11.0. The molecule has 2 rings (SSSR count). The van der Waals surface area contributed by atoms with Gasteiger partial charge in [-0.1, -0.05) is 38.1 Å². The molecule has 0 radical (unpaired) electrons. The van der Waals surface area contributed by atoms with Gasteiger partial charge in [-0.2, -0.15) is 4.80 Å². The highest BCUT2D eigenvalue weighted by atomic mass is 15.6. The Kier molecular flexibility index (Phi) is 2.99. The van der Waals surface area contributed by atoms with Crippen LogP contribution in [0.3, 0.4) is 0 Å². The summed E-state index contributed by atoms with van der Waals surface area (Å²) in [5.74, 6) is 1.24. The van der Waals surface area contributed by atoms with Crippen LogP contribution in [0.15, 0.2) is 24.3 Å². The molecule has 4 nitrogen and oxygen atoms in total. The molecule has 0 fully saturated rings. The van der Waals surface area contributed by atoms with E-state index in [9.17, 15) is 0 Å². The van der Waals surface area contributed by atoms with Gasteiger partial charge in [0.25, 0.3) is 0 Å². The number of aromatic nitrogens is 4. The van der Waals surface area contributed by atoms with Crippen LogP contribution in [0.4, 0.5) is 0 Å². The van der Waals surface area contributed by atoms with E-state index < -0.39 is 0 Å². The maximum Gasteiger partial charge on any atom is 0.204 e. The molecule has 0 saturated heterocycles. The van der Waals surface area contributed by atoms with Gasteiger partial charge >= 0.3 is 0 Å². The third-order valence-electron chi connectivity index (χ3n) is 2.57. The Bertz CT molecular complexity index is 456. The summed E-state index contributed by atoms with van der Waals surface area (Å²) in [4.78, 5) is 1.59. The molecule has 0 unspecified atom stereocenters. The summed E-state index contributed by atoms with van der Waals surface area (Å²) in [5.41, 5.74) is 2.34. The summed E-state index contributed by atoms with van der Waals surface area (Å²) >= 11 is 0. The van der Waals surface area contributed by atoms with Gasteiger partial charge < -0.3 is 0 Å². The van der Waals surface area contributed by atoms with Gasteiger partial charge in [-0.15, -0.1) is 10.2 Å². The minimum Gasteiger partial charge on any atom is -0.164 e. The number of benzene rings is 1. The van der Waals surface area contributed by atoms with Crippen molar-refractivity contribution in [2.45, 2.75) is 33.2 Å². The molecule has 16 heavy (non-hydrogen) atoms. The van der Waals surface area contributed by atoms with E-state index in [-0.39, 0.29) is 0 Å². The summed E-state index contributed by atoms with van der Waals surface area (Å²) in [6, 6.07) is 8.33. The van der Waals surface area contributed by atoms with Crippen molar-refractivity contribution in [2.24, 2.45) is 0 Å². The molecule has 0 N–H and O–H groups in total. The zero-order valence-corrected chi connectivity index (χ0v) is 9.88. The molecule has 4 heteroatoms. The largest absolute Gasteiger partial charge is 0.204 e. The monoisotopic (exact) mass is 216 g/mol. The Morgan fingerprint density at radius 2 is 1.88 bits per heavy atom. The molecule has 1 aromatic heterocycles. The van der Waals surface area contributed by atoms with Gasteiger partial charge in [-0.25, -0.2) is 0 Å². The van der Waals surface area contributed by atoms with E-state index in [2.05, 4.69) is 41.4 Å². The van der Waals surface area contributed by atoms with Gasteiger partial charge in [-0.3, -0.25) is 0 Å². The van der Waals surface area contributed by atoms with Crippen molar-refractivity contribution >= 4 is 0 Å². The van der Waals surface area contributed by atoms with Gasteiger partial charge in [0, 0.05) is 5.56 Å². The summed E-state index contributed by atoms with van der Waals surface area (Å²) in [7, 11) is 0. The highest BCUT2D eigenvalue weighted by Crippen LogP contribution is 2.19. The van der Waals surface area contributed by atoms with E-state index in [4.69, 9.17) is 0 Å². The lowest BCUT2D eigenvalue weighted by atomic mass is 10.0. The molecule has 1 aromatic carbocycles. The first-order chi connectivity index (χ1) is 7.70. The van der Waals surface area contributed by atoms with E-state index in [0.717, 1.165) is 12.1 Å². The standard InChI is InChI=1S/C12H16N4/c1-4-16-14-12(13-15-16)11-7-5-10(6-8-11)9(2)3/h5-9H,4H2,1-3H3. The Balaban J connectivity index is 2.27. The second kappa shape index (κ2) is 4.43. The Morgan fingerprint density at radius 1 is 1.19 bits per heavy atom. The minimum absolute atomic E-state index is 0.549. The summed E-state index contributed by atoms with van der Waals surface area (Å²) in [5, 5.41) is 12.2. The second-order valence-corrected chi connectivity index (χ2v) is 4.08. The number of hydrogen-bond donors (Lipinski definition) is 0. The predicted octanol–water partition coefficient (Wildman–Crippen LogP) is 2.48. The van der Waals surface area contributed by atoms with E-state index >= 15 is 0 Å². The average molecular weight is 216 g/mol. The second-order valence-electron chi connectivity index (χ2n) is 4.08. The maximum atomic E-state index is 4.27. The van der Waals surface area contributed by atoms with Gasteiger partial charge in [0.05, 0.1) is 6.54 Å². The SMILES string of the molecule is CCn1nnc(-c2ccc(C(C)C)cc2)n1. The van der Waals surface area contributed by atoms with Crippen LogP contribution in [-0.4, -0.2) is 20.2 Å². The van der Waals surface area contributed by atoms with Crippen molar-refractivity contribution < 1.29 is 0 Å². The van der Waals surface area contributed by atoms with Crippen LogP contribution in [0, 0.1) is 0 Å². The van der Waals surface area contributed by atoms with Crippen LogP contribution in [0.5, 0.6) is 0 Å². The van der Waals surface area contributed by atoms with Crippen LogP contribution in [0.25, 0.3) is 11.4 Å². The average Bonchev–Trinajstić information content (AvgIpc) is 2.77. The fraction of sp³-hybridized carbons (Fsp3) is 0.417. The zero-order chi connectivity index (χ0) is 11.5. The molecule has 0 saturated carbocycles. The maximum absolute atomic E-state index is 4.27. The van der Waals surface area contributed by atoms with Crippen molar-refractivity contribution in [3.63, 3.8) is 0 Å². The molecular weight excluding hydrogens is 200 g/mol. The van der Waals surface area contributed by atoms with Crippen LogP contribution < -0.4 is 0 Å². The van der Waals surface area contributed by atoms with E-state index in [0.29, 0.717) is 11.7 Å². The first kappa shape index (κ1) is 10.8. The van der Waals surface area contributed by atoms with Gasteiger partial charge in [-0.05, 0) is 23.6 Å². The molecule has 0 amide bonds. The fourth-order valence-electron chi connectivity index (χ4n) is 1.51. The van der Waals surface area contributed by atoms with Crippen molar-refractivity contribution in [3.8, 4) is 11.4 Å². The molecule has 0 atom stereocenters. The highest BCUT2D eigenvalue weighted by Gasteiger charge is 2.05. The van der Waals surface area contributed by atoms with Crippen molar-refractivity contribution in [1.82, 2.24) is 20.2 Å². The first-order valence-corrected chi connectivity index (χ1v) is 5.59. The quantitative estimate of drug-likeness (QED) is 0.791. The first-order valence-electron chi connectivity index (χ1n) is 5.59. The highest BCUT2D eigenvalue weighted by molar-refractivity contribution is 5.54. The number of rotatable bonds is 3. The van der Waals surface area contributed by atoms with Gasteiger partial charge in [0.15, 0.2) is 0 Å². The smallest absolute Gasteiger partial charge is 0.164 e. The van der Waals surface area contributed by atoms with Gasteiger partial charge in [0.2, 0.25) is 5.82 Å². The van der Waals surface area contributed by atoms with E-state index in [1.807, 2.05) is 19.1 Å². The van der Waals surface area contributed by atoms with Crippen molar-refractivity contribution in [1.29, 1.82) is 0 Å². The number of nitrogens with zero attached hydrogens (tertiary/aromatic N) is 4. The van der Waals surface area contributed by atoms with Crippen LogP contribution in [-0.2, 0) is 6.54 Å². The van der Waals surface area contributed by atoms with E-state index in [1.165, 1.54) is 5.56 Å². The molecule has 0 spiro atoms. The zero-order valence-electron chi connectivity index (χ0n) is 9.88. The van der Waals surface area contributed by atoms with Crippen LogP contribution in [0.1, 0.15) is 32.3 Å². The molecule has 2 aromatic rings. The molecule has 0 aliphatic heterocycles. The molecule has 0 bridgehead atoms. The third-order valence-corrected chi connectivity index (χ3v) is 2.57. The minimum atomic E-state index is 0.549. The van der Waals surface area contributed by atoms with E-state index in [1.54, 1.807) is 4.80 Å². The molecule has 1 heterocycles. The number of aryl methyl sites for hydroxylation is 1. The lowest BCUT2D eigenvalue weighted by Gasteiger charge is -2.04. The lowest BCUT2D eigenvalue weighted by Crippen LogP contribution is -1.98. The lowest BCUT2D eigenvalue weighted by molar-refractivity contribution is 0.553. The molecular formula is C12H16N4. The van der Waals surface area contributed by atoms with Crippen LogP contribution in [0.2, 0.25) is 0 Å². The van der Waals surface area contributed by atoms with Gasteiger partial charge in [0.1, 0.15) is 0 Å².